The monoisotopic (exact) mass is 272 g/mol. The number of hydrogen-bond acceptors (Lipinski definition) is 4. The van der Waals surface area contributed by atoms with Crippen molar-refractivity contribution in [1.82, 2.24) is 10.6 Å². The minimum atomic E-state index is -1.59. The molecule has 0 heterocycles. The number of thiol groups is 2. The standard InChI is InChI=1S/C10H22F2N2S2/c1-3-14-10(12,8-16)5-4-9(11,7-15)6-13-2/h13-16H,3-8H2,1-2H3/t9-,10+/m1/s1. The maximum absolute atomic E-state index is 14.1. The number of nitrogens with one attached hydrogen (secondary N) is 2. The van der Waals surface area contributed by atoms with Crippen LogP contribution in [0.25, 0.3) is 0 Å². The van der Waals surface area contributed by atoms with Crippen LogP contribution in [0.1, 0.15) is 19.8 Å². The van der Waals surface area contributed by atoms with Crippen molar-refractivity contribution in [2.45, 2.75) is 31.2 Å². The first-order chi connectivity index (χ1) is 7.45. The van der Waals surface area contributed by atoms with E-state index in [9.17, 15) is 8.78 Å². The van der Waals surface area contributed by atoms with Gasteiger partial charge in [0.05, 0.1) is 0 Å². The molecule has 0 amide bonds. The first-order valence-corrected chi connectivity index (χ1v) is 6.71. The third kappa shape index (κ3) is 5.70. The Kier molecular flexibility index (Phi) is 7.97. The van der Waals surface area contributed by atoms with Crippen LogP contribution in [0, 0.1) is 0 Å². The molecule has 2 N–H and O–H groups in total. The molecule has 2 nitrogen and oxygen atoms in total. The van der Waals surface area contributed by atoms with Gasteiger partial charge in [0.25, 0.3) is 0 Å². The van der Waals surface area contributed by atoms with E-state index in [0.29, 0.717) is 6.54 Å². The molecule has 0 rings (SSSR count). The fourth-order valence-electron chi connectivity index (χ4n) is 1.50. The Morgan fingerprint density at radius 2 is 1.75 bits per heavy atom. The van der Waals surface area contributed by atoms with Gasteiger partial charge < -0.3 is 5.32 Å². The molecule has 0 radical (unpaired) electrons. The van der Waals surface area contributed by atoms with Crippen LogP contribution in [0.3, 0.4) is 0 Å². The third-order valence-corrected chi connectivity index (χ3v) is 3.56. The molecule has 0 aromatic carbocycles. The average Bonchev–Trinajstić information content (AvgIpc) is 2.27. The predicted molar refractivity (Wildman–Crippen MR) is 72.2 cm³/mol. The fraction of sp³-hybridized carbons (Fsp3) is 1.00. The van der Waals surface area contributed by atoms with Crippen molar-refractivity contribution >= 4 is 25.3 Å². The van der Waals surface area contributed by atoms with Crippen molar-refractivity contribution in [2.75, 3.05) is 31.6 Å². The summed E-state index contributed by atoms with van der Waals surface area (Å²) in [6.45, 7) is 2.50. The zero-order valence-electron chi connectivity index (χ0n) is 9.89. The number of halogens is 2. The van der Waals surface area contributed by atoms with Crippen LogP contribution in [0.2, 0.25) is 0 Å². The predicted octanol–water partition coefficient (Wildman–Crippen LogP) is 1.83. The lowest BCUT2D eigenvalue weighted by Gasteiger charge is -2.29. The molecule has 98 valence electrons. The number of alkyl halides is 2. The Morgan fingerprint density at radius 3 is 2.12 bits per heavy atom. The van der Waals surface area contributed by atoms with Gasteiger partial charge >= 0.3 is 0 Å². The summed E-state index contributed by atoms with van der Waals surface area (Å²) in [5, 5.41) is 5.45. The smallest absolute Gasteiger partial charge is 0.170 e. The summed E-state index contributed by atoms with van der Waals surface area (Å²) in [7, 11) is 1.67. The van der Waals surface area contributed by atoms with Gasteiger partial charge in [0.2, 0.25) is 0 Å². The van der Waals surface area contributed by atoms with Crippen LogP contribution in [-0.2, 0) is 0 Å². The van der Waals surface area contributed by atoms with Gasteiger partial charge in [-0.2, -0.15) is 25.3 Å². The molecule has 0 aromatic rings. The molecule has 0 bridgehead atoms. The van der Waals surface area contributed by atoms with Gasteiger partial charge in [-0.1, -0.05) is 6.92 Å². The van der Waals surface area contributed by atoms with Crippen molar-refractivity contribution in [1.29, 1.82) is 0 Å². The van der Waals surface area contributed by atoms with E-state index in [1.807, 2.05) is 6.92 Å². The molecule has 0 saturated carbocycles. The lowest BCUT2D eigenvalue weighted by atomic mass is 9.97. The normalized spacial score (nSPS) is 19.1. The van der Waals surface area contributed by atoms with Gasteiger partial charge in [0, 0.05) is 18.1 Å². The summed E-state index contributed by atoms with van der Waals surface area (Å²) in [5.41, 5.74) is -1.46. The second-order valence-corrected chi connectivity index (χ2v) is 4.63. The summed E-state index contributed by atoms with van der Waals surface area (Å²) in [6, 6.07) is 0. The van der Waals surface area contributed by atoms with Crippen molar-refractivity contribution in [3.63, 3.8) is 0 Å². The zero-order valence-corrected chi connectivity index (χ0v) is 11.7. The zero-order chi connectivity index (χ0) is 12.7. The van der Waals surface area contributed by atoms with E-state index < -0.39 is 11.5 Å². The first kappa shape index (κ1) is 16.5. The molecule has 16 heavy (non-hydrogen) atoms. The molecule has 2 atom stereocenters. The van der Waals surface area contributed by atoms with E-state index in [-0.39, 0.29) is 30.9 Å². The van der Waals surface area contributed by atoms with Crippen molar-refractivity contribution in [3.8, 4) is 0 Å². The van der Waals surface area contributed by atoms with Crippen molar-refractivity contribution < 1.29 is 8.78 Å². The van der Waals surface area contributed by atoms with Crippen LogP contribution >= 0.6 is 25.3 Å². The topological polar surface area (TPSA) is 24.1 Å². The van der Waals surface area contributed by atoms with Gasteiger partial charge in [0.1, 0.15) is 5.67 Å². The summed E-state index contributed by atoms with van der Waals surface area (Å²) >= 11 is 7.92. The van der Waals surface area contributed by atoms with E-state index in [4.69, 9.17) is 0 Å². The van der Waals surface area contributed by atoms with Crippen molar-refractivity contribution in [2.24, 2.45) is 0 Å². The summed E-state index contributed by atoms with van der Waals surface area (Å²) in [4.78, 5) is 0. The summed E-state index contributed by atoms with van der Waals surface area (Å²) < 4.78 is 28.1. The molecule has 0 aromatic heterocycles. The molecule has 0 aliphatic rings. The Hall–Kier alpha value is 0.480. The van der Waals surface area contributed by atoms with Gasteiger partial charge in [0.15, 0.2) is 5.79 Å². The van der Waals surface area contributed by atoms with Gasteiger partial charge in [-0.25, -0.2) is 8.78 Å². The van der Waals surface area contributed by atoms with Gasteiger partial charge in [-0.15, -0.1) is 0 Å². The van der Waals surface area contributed by atoms with E-state index in [2.05, 4.69) is 35.9 Å². The lowest BCUT2D eigenvalue weighted by Crippen LogP contribution is -2.46. The van der Waals surface area contributed by atoms with E-state index in [1.165, 1.54) is 0 Å². The van der Waals surface area contributed by atoms with Crippen molar-refractivity contribution in [3.05, 3.63) is 0 Å². The fourth-order valence-corrected chi connectivity index (χ4v) is 2.04. The molecule has 0 aliphatic heterocycles. The third-order valence-electron chi connectivity index (χ3n) is 2.49. The Bertz CT molecular complexity index is 178. The Balaban J connectivity index is 4.26. The molecular weight excluding hydrogens is 250 g/mol. The van der Waals surface area contributed by atoms with Crippen LogP contribution < -0.4 is 10.6 Å². The number of rotatable bonds is 9. The quantitative estimate of drug-likeness (QED) is 0.380. The largest absolute Gasteiger partial charge is 0.317 e. The highest BCUT2D eigenvalue weighted by Crippen LogP contribution is 2.26. The highest BCUT2D eigenvalue weighted by atomic mass is 32.1. The van der Waals surface area contributed by atoms with E-state index >= 15 is 0 Å². The molecule has 0 saturated heterocycles. The lowest BCUT2D eigenvalue weighted by molar-refractivity contribution is 0.0911. The maximum atomic E-state index is 14.1. The second-order valence-electron chi connectivity index (χ2n) is 3.99. The average molecular weight is 272 g/mol. The molecule has 6 heteroatoms. The second kappa shape index (κ2) is 7.74. The first-order valence-electron chi connectivity index (χ1n) is 5.44. The minimum Gasteiger partial charge on any atom is -0.317 e. The summed E-state index contributed by atoms with van der Waals surface area (Å²) in [5.74, 6) is -1.46. The molecule has 0 aliphatic carbocycles. The Labute approximate surface area is 108 Å². The van der Waals surface area contributed by atoms with Gasteiger partial charge in [-0.05, 0) is 26.4 Å². The van der Waals surface area contributed by atoms with Crippen LogP contribution in [0.4, 0.5) is 8.78 Å². The number of hydrogen-bond donors (Lipinski definition) is 4. The van der Waals surface area contributed by atoms with E-state index in [1.54, 1.807) is 7.05 Å². The molecule has 0 fully saturated rings. The minimum absolute atomic E-state index is 0.0447. The van der Waals surface area contributed by atoms with Crippen LogP contribution in [0.5, 0.6) is 0 Å². The van der Waals surface area contributed by atoms with Crippen LogP contribution in [0.15, 0.2) is 0 Å². The molecule has 0 spiro atoms. The van der Waals surface area contributed by atoms with Gasteiger partial charge in [-0.3, -0.25) is 5.32 Å². The maximum Gasteiger partial charge on any atom is 0.170 e. The Morgan fingerprint density at radius 1 is 1.12 bits per heavy atom. The highest BCUT2D eigenvalue weighted by Gasteiger charge is 2.34. The highest BCUT2D eigenvalue weighted by molar-refractivity contribution is 7.80. The summed E-state index contributed by atoms with van der Waals surface area (Å²) in [6.07, 6.45) is 0.227. The molecule has 0 unspecified atom stereocenters. The SMILES string of the molecule is CCN[C@](F)(CS)CC[C@](F)(CS)CNC. The van der Waals surface area contributed by atoms with Crippen LogP contribution in [-0.4, -0.2) is 43.1 Å². The molecular formula is C10H22F2N2S2. The van der Waals surface area contributed by atoms with E-state index in [0.717, 1.165) is 0 Å².